The van der Waals surface area contributed by atoms with E-state index in [9.17, 15) is 4.79 Å². The van der Waals surface area contributed by atoms with Crippen LogP contribution < -0.4 is 10.1 Å². The second-order valence-corrected chi connectivity index (χ2v) is 5.83. The molecule has 3 aromatic rings. The van der Waals surface area contributed by atoms with Crippen LogP contribution in [0.1, 0.15) is 28.4 Å². The predicted octanol–water partition coefficient (Wildman–Crippen LogP) is 5.12. The van der Waals surface area contributed by atoms with Crippen LogP contribution in [-0.4, -0.2) is 12.9 Å². The van der Waals surface area contributed by atoms with Gasteiger partial charge in [-0.3, -0.25) is 4.79 Å². The van der Waals surface area contributed by atoms with Crippen LogP contribution in [0.4, 0.5) is 5.69 Å². The van der Waals surface area contributed by atoms with E-state index in [1.54, 1.807) is 7.11 Å². The molecule has 3 aromatic carbocycles. The van der Waals surface area contributed by atoms with E-state index >= 15 is 0 Å². The Kier molecular flexibility index (Phi) is 5.47. The van der Waals surface area contributed by atoms with Crippen LogP contribution in [0.3, 0.4) is 0 Å². The van der Waals surface area contributed by atoms with Crippen LogP contribution in [0.25, 0.3) is 0 Å². The predicted molar refractivity (Wildman–Crippen MR) is 101 cm³/mol. The molecule has 0 aromatic heterocycles. The number of methoxy groups -OCH3 is 1. The minimum absolute atomic E-state index is 0.0951. The first-order valence-electron chi connectivity index (χ1n) is 8.30. The number of Topliss-reactive ketones (excluding diaryl/α,β-unsaturated/α-hetero) is 1. The van der Waals surface area contributed by atoms with E-state index in [2.05, 4.69) is 5.32 Å². The van der Waals surface area contributed by atoms with Gasteiger partial charge in [0.15, 0.2) is 5.78 Å². The third-order valence-corrected chi connectivity index (χ3v) is 4.12. The molecule has 0 saturated carbocycles. The summed E-state index contributed by atoms with van der Waals surface area (Å²) in [5.74, 6) is 0.928. The van der Waals surface area contributed by atoms with Crippen LogP contribution in [-0.2, 0) is 0 Å². The Labute approximate surface area is 148 Å². The van der Waals surface area contributed by atoms with Crippen molar-refractivity contribution in [1.29, 1.82) is 0 Å². The smallest absolute Gasteiger partial charge is 0.165 e. The Morgan fingerprint density at radius 2 is 1.48 bits per heavy atom. The van der Waals surface area contributed by atoms with Crippen LogP contribution in [0, 0.1) is 0 Å². The van der Waals surface area contributed by atoms with E-state index < -0.39 is 0 Å². The minimum atomic E-state index is -0.0951. The Balaban J connectivity index is 1.81. The average molecular weight is 331 g/mol. The molecule has 1 N–H and O–H groups in total. The molecule has 0 spiro atoms. The fourth-order valence-electron chi connectivity index (χ4n) is 2.75. The standard InChI is InChI=1S/C22H21NO2/c1-25-20-14-12-19(13-15-20)23-21(17-8-4-2-5-9-17)16-22(24)18-10-6-3-7-11-18/h2-15,21,23H,16H2,1H3/t21-/m0/s1. The number of ketones is 1. The molecule has 0 heterocycles. The summed E-state index contributed by atoms with van der Waals surface area (Å²) in [7, 11) is 1.65. The lowest BCUT2D eigenvalue weighted by Gasteiger charge is -2.20. The normalized spacial score (nSPS) is 11.6. The number of carbonyl (C=O) groups is 1. The molecule has 0 aliphatic carbocycles. The molecule has 0 aliphatic rings. The summed E-state index contributed by atoms with van der Waals surface area (Å²) in [4.78, 5) is 12.7. The Hall–Kier alpha value is -3.07. The molecule has 25 heavy (non-hydrogen) atoms. The summed E-state index contributed by atoms with van der Waals surface area (Å²) in [6, 6.07) is 27.1. The van der Waals surface area contributed by atoms with Gasteiger partial charge in [0.25, 0.3) is 0 Å². The zero-order valence-electron chi connectivity index (χ0n) is 14.2. The van der Waals surface area contributed by atoms with E-state index in [-0.39, 0.29) is 11.8 Å². The van der Waals surface area contributed by atoms with E-state index in [1.807, 2.05) is 84.9 Å². The molecule has 3 nitrogen and oxygen atoms in total. The minimum Gasteiger partial charge on any atom is -0.497 e. The molecule has 0 amide bonds. The largest absolute Gasteiger partial charge is 0.497 e. The van der Waals surface area contributed by atoms with Gasteiger partial charge in [-0.15, -0.1) is 0 Å². The number of ether oxygens (including phenoxy) is 1. The lowest BCUT2D eigenvalue weighted by molar-refractivity contribution is 0.0976. The number of nitrogens with one attached hydrogen (secondary N) is 1. The summed E-state index contributed by atoms with van der Waals surface area (Å²) < 4.78 is 5.20. The number of anilines is 1. The fourth-order valence-corrected chi connectivity index (χ4v) is 2.75. The van der Waals surface area contributed by atoms with Gasteiger partial charge in [-0.2, -0.15) is 0 Å². The number of rotatable bonds is 7. The van der Waals surface area contributed by atoms with Gasteiger partial charge < -0.3 is 10.1 Å². The highest BCUT2D eigenvalue weighted by molar-refractivity contribution is 5.96. The highest BCUT2D eigenvalue weighted by atomic mass is 16.5. The Morgan fingerprint density at radius 3 is 2.08 bits per heavy atom. The molecule has 3 heteroatoms. The SMILES string of the molecule is COc1ccc(N[C@@H](CC(=O)c2ccccc2)c2ccccc2)cc1. The van der Waals surface area contributed by atoms with Crippen molar-refractivity contribution in [3.8, 4) is 5.75 Å². The Bertz CT molecular complexity index is 798. The second kappa shape index (κ2) is 8.15. The van der Waals surface area contributed by atoms with Crippen molar-refractivity contribution in [1.82, 2.24) is 0 Å². The first kappa shape index (κ1) is 16.8. The van der Waals surface area contributed by atoms with Crippen LogP contribution >= 0.6 is 0 Å². The van der Waals surface area contributed by atoms with Crippen LogP contribution in [0.2, 0.25) is 0 Å². The highest BCUT2D eigenvalue weighted by Crippen LogP contribution is 2.25. The molecule has 0 unspecified atom stereocenters. The van der Waals surface area contributed by atoms with Gasteiger partial charge in [0.05, 0.1) is 13.2 Å². The molecule has 0 saturated heterocycles. The average Bonchev–Trinajstić information content (AvgIpc) is 2.69. The van der Waals surface area contributed by atoms with Gasteiger partial charge in [0.2, 0.25) is 0 Å². The molecule has 0 radical (unpaired) electrons. The Morgan fingerprint density at radius 1 is 0.880 bits per heavy atom. The summed E-state index contributed by atoms with van der Waals surface area (Å²) in [5.41, 5.74) is 2.78. The van der Waals surface area contributed by atoms with Crippen molar-refractivity contribution in [2.45, 2.75) is 12.5 Å². The van der Waals surface area contributed by atoms with Gasteiger partial charge >= 0.3 is 0 Å². The zero-order chi connectivity index (χ0) is 17.5. The topological polar surface area (TPSA) is 38.3 Å². The molecule has 0 bridgehead atoms. The first-order valence-corrected chi connectivity index (χ1v) is 8.30. The van der Waals surface area contributed by atoms with Gasteiger partial charge in [0, 0.05) is 17.7 Å². The van der Waals surface area contributed by atoms with Gasteiger partial charge in [-0.05, 0) is 29.8 Å². The summed E-state index contributed by atoms with van der Waals surface area (Å²) in [6.45, 7) is 0. The molecular formula is C22H21NO2. The molecule has 0 fully saturated rings. The molecule has 0 aliphatic heterocycles. The number of carbonyl (C=O) groups excluding carboxylic acids is 1. The number of hydrogen-bond donors (Lipinski definition) is 1. The van der Waals surface area contributed by atoms with Crippen molar-refractivity contribution in [2.75, 3.05) is 12.4 Å². The number of hydrogen-bond acceptors (Lipinski definition) is 3. The van der Waals surface area contributed by atoms with Gasteiger partial charge in [-0.25, -0.2) is 0 Å². The van der Waals surface area contributed by atoms with Crippen molar-refractivity contribution >= 4 is 11.5 Å². The lowest BCUT2D eigenvalue weighted by Crippen LogP contribution is -2.15. The third-order valence-electron chi connectivity index (χ3n) is 4.12. The van der Waals surface area contributed by atoms with Gasteiger partial charge in [-0.1, -0.05) is 60.7 Å². The van der Waals surface area contributed by atoms with Crippen molar-refractivity contribution < 1.29 is 9.53 Å². The van der Waals surface area contributed by atoms with Gasteiger partial charge in [0.1, 0.15) is 5.75 Å². The van der Waals surface area contributed by atoms with Crippen molar-refractivity contribution in [3.63, 3.8) is 0 Å². The molecule has 126 valence electrons. The zero-order valence-corrected chi connectivity index (χ0v) is 14.2. The van der Waals surface area contributed by atoms with E-state index in [0.29, 0.717) is 6.42 Å². The molecular weight excluding hydrogens is 310 g/mol. The van der Waals surface area contributed by atoms with E-state index in [0.717, 1.165) is 22.6 Å². The summed E-state index contributed by atoms with van der Waals surface area (Å²) in [5, 5.41) is 3.47. The van der Waals surface area contributed by atoms with Crippen LogP contribution in [0.5, 0.6) is 5.75 Å². The number of benzene rings is 3. The molecule has 3 rings (SSSR count). The second-order valence-electron chi connectivity index (χ2n) is 5.83. The maximum atomic E-state index is 12.7. The quantitative estimate of drug-likeness (QED) is 0.611. The van der Waals surface area contributed by atoms with E-state index in [1.165, 1.54) is 0 Å². The third kappa shape index (κ3) is 4.48. The lowest BCUT2D eigenvalue weighted by atomic mass is 9.97. The first-order chi connectivity index (χ1) is 12.3. The van der Waals surface area contributed by atoms with Crippen molar-refractivity contribution in [3.05, 3.63) is 96.1 Å². The molecule has 1 atom stereocenters. The van der Waals surface area contributed by atoms with E-state index in [4.69, 9.17) is 4.74 Å². The van der Waals surface area contributed by atoms with Crippen molar-refractivity contribution in [2.24, 2.45) is 0 Å². The maximum absolute atomic E-state index is 12.7. The van der Waals surface area contributed by atoms with Crippen LogP contribution in [0.15, 0.2) is 84.9 Å². The fraction of sp³-hybridized carbons (Fsp3) is 0.136. The summed E-state index contributed by atoms with van der Waals surface area (Å²) >= 11 is 0. The monoisotopic (exact) mass is 331 g/mol. The summed E-state index contributed by atoms with van der Waals surface area (Å²) in [6.07, 6.45) is 0.389. The maximum Gasteiger partial charge on any atom is 0.165 e. The highest BCUT2D eigenvalue weighted by Gasteiger charge is 2.17.